The molecule has 2 aromatic rings. The molecule has 0 atom stereocenters. The Balaban J connectivity index is 2.00. The van der Waals surface area contributed by atoms with E-state index >= 15 is 0 Å². The summed E-state index contributed by atoms with van der Waals surface area (Å²) in [4.78, 5) is 25.8. The van der Waals surface area contributed by atoms with Gasteiger partial charge in [-0.15, -0.1) is 0 Å². The first-order valence-corrected chi connectivity index (χ1v) is 7.26. The van der Waals surface area contributed by atoms with Gasteiger partial charge in [-0.1, -0.05) is 18.2 Å². The molecule has 1 aromatic carbocycles. The molecule has 2 heterocycles. The van der Waals surface area contributed by atoms with Crippen LogP contribution in [0.5, 0.6) is 0 Å². The van der Waals surface area contributed by atoms with Gasteiger partial charge in [0, 0.05) is 24.0 Å². The maximum atomic E-state index is 12.5. The van der Waals surface area contributed by atoms with Crippen LogP contribution in [0.3, 0.4) is 0 Å². The average molecular weight is 302 g/mol. The van der Waals surface area contributed by atoms with Crippen LogP contribution in [0, 0.1) is 6.92 Å². The topological polar surface area (TPSA) is 71.8 Å². The second-order valence-corrected chi connectivity index (χ2v) is 5.38. The van der Waals surface area contributed by atoms with Gasteiger partial charge in [-0.2, -0.15) is 0 Å². The number of nitrogens with zero attached hydrogens (tertiary/aromatic N) is 2. The third-order valence-electron chi connectivity index (χ3n) is 4.08. The van der Waals surface area contributed by atoms with Crippen molar-refractivity contribution in [1.29, 1.82) is 0 Å². The van der Waals surface area contributed by atoms with Crippen molar-refractivity contribution in [3.8, 4) is 0 Å². The van der Waals surface area contributed by atoms with E-state index in [1.807, 2.05) is 24.3 Å². The molecule has 22 heavy (non-hydrogen) atoms. The van der Waals surface area contributed by atoms with Crippen LogP contribution >= 0.6 is 0 Å². The van der Waals surface area contributed by atoms with Crippen LogP contribution in [0.15, 0.2) is 24.3 Å². The van der Waals surface area contributed by atoms with Gasteiger partial charge in [0.25, 0.3) is 0 Å². The van der Waals surface area contributed by atoms with E-state index in [0.717, 1.165) is 10.9 Å². The van der Waals surface area contributed by atoms with E-state index in [0.29, 0.717) is 31.9 Å². The predicted octanol–water partition coefficient (Wildman–Crippen LogP) is 1.51. The summed E-state index contributed by atoms with van der Waals surface area (Å²) < 4.78 is 6.84. The van der Waals surface area contributed by atoms with Crippen LogP contribution in [0.25, 0.3) is 10.9 Å². The van der Waals surface area contributed by atoms with E-state index in [1.54, 1.807) is 16.4 Å². The summed E-state index contributed by atoms with van der Waals surface area (Å²) in [6.07, 6.45) is 0. The molecule has 6 heteroatoms. The van der Waals surface area contributed by atoms with Crippen LogP contribution < -0.4 is 0 Å². The van der Waals surface area contributed by atoms with Crippen LogP contribution in [-0.4, -0.2) is 52.8 Å². The molecule has 1 aromatic heterocycles. The van der Waals surface area contributed by atoms with E-state index in [2.05, 4.69) is 0 Å². The van der Waals surface area contributed by atoms with Crippen molar-refractivity contribution >= 4 is 22.8 Å². The van der Waals surface area contributed by atoms with Crippen molar-refractivity contribution in [3.63, 3.8) is 0 Å². The Kier molecular flexibility index (Phi) is 3.85. The number of hydrogen-bond donors (Lipinski definition) is 1. The van der Waals surface area contributed by atoms with Gasteiger partial charge < -0.3 is 19.3 Å². The van der Waals surface area contributed by atoms with E-state index in [1.165, 1.54) is 0 Å². The molecule has 6 nitrogen and oxygen atoms in total. The van der Waals surface area contributed by atoms with E-state index in [4.69, 9.17) is 4.74 Å². The number of carbonyl (C=O) groups is 2. The number of ether oxygens (including phenoxy) is 1. The molecular weight excluding hydrogens is 284 g/mol. The van der Waals surface area contributed by atoms with Gasteiger partial charge in [-0.05, 0) is 18.6 Å². The number of aryl methyl sites for hydroxylation is 1. The zero-order valence-corrected chi connectivity index (χ0v) is 12.4. The van der Waals surface area contributed by atoms with Crippen molar-refractivity contribution in [3.05, 3.63) is 35.5 Å². The quantitative estimate of drug-likeness (QED) is 0.933. The molecule has 0 unspecified atom stereocenters. The van der Waals surface area contributed by atoms with Crippen LogP contribution in [0.4, 0.5) is 0 Å². The fraction of sp³-hybridized carbons (Fsp3) is 0.375. The van der Waals surface area contributed by atoms with Gasteiger partial charge in [0.1, 0.15) is 12.2 Å². The molecule has 1 aliphatic heterocycles. The van der Waals surface area contributed by atoms with Gasteiger partial charge in [-0.25, -0.2) is 4.79 Å². The maximum Gasteiger partial charge on any atom is 0.352 e. The summed E-state index contributed by atoms with van der Waals surface area (Å²) in [5, 5.41) is 10.4. The summed E-state index contributed by atoms with van der Waals surface area (Å²) in [6.45, 7) is 3.99. The van der Waals surface area contributed by atoms with Crippen molar-refractivity contribution in [2.75, 3.05) is 26.3 Å². The molecule has 1 aliphatic rings. The monoisotopic (exact) mass is 302 g/mol. The lowest BCUT2D eigenvalue weighted by Gasteiger charge is -2.27. The fourth-order valence-corrected chi connectivity index (χ4v) is 2.96. The number of aromatic nitrogens is 1. The Morgan fingerprint density at radius 2 is 1.91 bits per heavy atom. The number of carbonyl (C=O) groups excluding carboxylic acids is 1. The first-order valence-electron chi connectivity index (χ1n) is 7.26. The minimum Gasteiger partial charge on any atom is -0.477 e. The molecule has 1 amide bonds. The number of carboxylic acid groups (broad SMARTS) is 1. The van der Waals surface area contributed by atoms with Gasteiger partial charge in [0.15, 0.2) is 0 Å². The average Bonchev–Trinajstić information content (AvgIpc) is 2.81. The predicted molar refractivity (Wildman–Crippen MR) is 81.0 cm³/mol. The Hall–Kier alpha value is -2.34. The fourth-order valence-electron chi connectivity index (χ4n) is 2.96. The molecule has 1 N–H and O–H groups in total. The number of rotatable bonds is 3. The number of aromatic carboxylic acids is 1. The molecule has 116 valence electrons. The number of morpholine rings is 1. The van der Waals surface area contributed by atoms with Crippen molar-refractivity contribution in [2.45, 2.75) is 13.5 Å². The molecule has 3 rings (SSSR count). The number of benzene rings is 1. The first-order chi connectivity index (χ1) is 10.6. The highest BCUT2D eigenvalue weighted by Crippen LogP contribution is 2.25. The molecule has 0 bridgehead atoms. The van der Waals surface area contributed by atoms with Crippen molar-refractivity contribution in [1.82, 2.24) is 9.47 Å². The lowest BCUT2D eigenvalue weighted by Crippen LogP contribution is -2.42. The van der Waals surface area contributed by atoms with Crippen LogP contribution in [-0.2, 0) is 16.1 Å². The lowest BCUT2D eigenvalue weighted by atomic mass is 10.1. The normalized spacial score (nSPS) is 15.2. The highest BCUT2D eigenvalue weighted by atomic mass is 16.5. The molecule has 0 saturated carbocycles. The molecule has 0 radical (unpaired) electrons. The Bertz CT molecular complexity index is 729. The SMILES string of the molecule is Cc1c(C(=O)O)n(CC(=O)N2CCOCC2)c2ccccc12. The lowest BCUT2D eigenvalue weighted by molar-refractivity contribution is -0.135. The minimum atomic E-state index is -1.01. The number of fused-ring (bicyclic) bond motifs is 1. The number of carboxylic acids is 1. The molecular formula is C16H18N2O4. The third kappa shape index (κ3) is 2.46. The second-order valence-electron chi connectivity index (χ2n) is 5.38. The zero-order chi connectivity index (χ0) is 15.7. The van der Waals surface area contributed by atoms with E-state index in [-0.39, 0.29) is 18.1 Å². The Morgan fingerprint density at radius 3 is 2.59 bits per heavy atom. The Labute approximate surface area is 127 Å². The maximum absolute atomic E-state index is 12.5. The highest BCUT2D eigenvalue weighted by molar-refractivity contribution is 5.99. The smallest absolute Gasteiger partial charge is 0.352 e. The first kappa shape index (κ1) is 14.6. The second kappa shape index (κ2) is 5.81. The van der Waals surface area contributed by atoms with Crippen LogP contribution in [0.2, 0.25) is 0 Å². The summed E-state index contributed by atoms with van der Waals surface area (Å²) >= 11 is 0. The standard InChI is InChI=1S/C16H18N2O4/c1-11-12-4-2-3-5-13(12)18(15(11)16(20)21)10-14(19)17-6-8-22-9-7-17/h2-5H,6-10H2,1H3,(H,20,21). The number of hydrogen-bond acceptors (Lipinski definition) is 3. The van der Waals surface area contributed by atoms with Crippen molar-refractivity contribution in [2.24, 2.45) is 0 Å². The van der Waals surface area contributed by atoms with Gasteiger partial charge in [0.2, 0.25) is 5.91 Å². The van der Waals surface area contributed by atoms with Crippen molar-refractivity contribution < 1.29 is 19.4 Å². The molecule has 1 saturated heterocycles. The summed E-state index contributed by atoms with van der Waals surface area (Å²) in [6, 6.07) is 7.45. The highest BCUT2D eigenvalue weighted by Gasteiger charge is 2.23. The third-order valence-corrected chi connectivity index (χ3v) is 4.08. The number of para-hydroxylation sites is 1. The van der Waals surface area contributed by atoms with E-state index in [9.17, 15) is 14.7 Å². The van der Waals surface area contributed by atoms with Gasteiger partial charge in [0.05, 0.1) is 13.2 Å². The van der Waals surface area contributed by atoms with Crippen LogP contribution in [0.1, 0.15) is 16.1 Å². The largest absolute Gasteiger partial charge is 0.477 e. The molecule has 1 fully saturated rings. The summed E-state index contributed by atoms with van der Waals surface area (Å²) in [7, 11) is 0. The number of amides is 1. The zero-order valence-electron chi connectivity index (χ0n) is 12.4. The van der Waals surface area contributed by atoms with Gasteiger partial charge in [-0.3, -0.25) is 4.79 Å². The Morgan fingerprint density at radius 1 is 1.23 bits per heavy atom. The van der Waals surface area contributed by atoms with E-state index < -0.39 is 5.97 Å². The summed E-state index contributed by atoms with van der Waals surface area (Å²) in [5.74, 6) is -1.09. The molecule has 0 spiro atoms. The van der Waals surface area contributed by atoms with Gasteiger partial charge >= 0.3 is 5.97 Å². The molecule has 0 aliphatic carbocycles. The summed E-state index contributed by atoms with van der Waals surface area (Å²) in [5.41, 5.74) is 1.65. The minimum absolute atomic E-state index is 0.0377.